The third-order valence-corrected chi connectivity index (χ3v) is 6.09. The van der Waals surface area contributed by atoms with Crippen molar-refractivity contribution in [2.45, 2.75) is 26.4 Å². The normalized spacial score (nSPS) is 14.4. The van der Waals surface area contributed by atoms with Gasteiger partial charge in [0.15, 0.2) is 0 Å². The summed E-state index contributed by atoms with van der Waals surface area (Å²) < 4.78 is 6.03. The van der Waals surface area contributed by atoms with E-state index < -0.39 is 17.8 Å². The molecule has 2 amide bonds. The number of imide groups is 1. The monoisotopic (exact) mass is 421 g/mol. The summed E-state index contributed by atoms with van der Waals surface area (Å²) in [6.07, 6.45) is -0.243. The summed E-state index contributed by atoms with van der Waals surface area (Å²) >= 11 is 0.966. The van der Waals surface area contributed by atoms with Gasteiger partial charge in [0.05, 0.1) is 17.7 Å². The molecule has 6 nitrogen and oxygen atoms in total. The molecule has 0 aliphatic carbocycles. The lowest BCUT2D eigenvalue weighted by molar-refractivity contribution is -0.117. The summed E-state index contributed by atoms with van der Waals surface area (Å²) in [4.78, 5) is 38.4. The number of amides is 2. The molecule has 1 unspecified atom stereocenters. The van der Waals surface area contributed by atoms with Gasteiger partial charge in [-0.1, -0.05) is 36.4 Å². The maximum Gasteiger partial charge on any atom is 0.346 e. The van der Waals surface area contributed by atoms with Gasteiger partial charge in [-0.2, -0.15) is 0 Å². The fourth-order valence-corrected chi connectivity index (χ4v) is 4.42. The fraction of sp³-hybridized carbons (Fsp3) is 0.174. The molecule has 1 aromatic heterocycles. The van der Waals surface area contributed by atoms with E-state index in [2.05, 4.69) is 0 Å². The number of hydrogen-bond donors (Lipinski definition) is 1. The molecule has 0 bridgehead atoms. The van der Waals surface area contributed by atoms with Gasteiger partial charge in [-0.3, -0.25) is 9.59 Å². The highest BCUT2D eigenvalue weighted by Gasteiger charge is 2.37. The van der Waals surface area contributed by atoms with E-state index in [1.807, 2.05) is 37.3 Å². The molecule has 2 heterocycles. The lowest BCUT2D eigenvalue weighted by atomic mass is 9.99. The Morgan fingerprint density at radius 3 is 2.60 bits per heavy atom. The molecule has 0 saturated carbocycles. The van der Waals surface area contributed by atoms with Crippen molar-refractivity contribution in [1.29, 1.82) is 0 Å². The largest absolute Gasteiger partial charge is 0.486 e. The number of carbonyl (C=O) groups is 3. The predicted molar refractivity (Wildman–Crippen MR) is 113 cm³/mol. The standard InChI is InChI=1S/C23H19NO5S/c1-13-8-9-17(29-14(2)15-6-4-3-5-7-15)11-18(13)24-19(25)10-16-12-30-21(23(27)28)20(16)22(24)26/h3-9,11-12,14H,10H2,1-2H3,(H,27,28). The molecule has 1 atom stereocenters. The Labute approximate surface area is 177 Å². The van der Waals surface area contributed by atoms with Crippen LogP contribution >= 0.6 is 11.3 Å². The smallest absolute Gasteiger partial charge is 0.346 e. The van der Waals surface area contributed by atoms with Crippen LogP contribution in [-0.2, 0) is 11.2 Å². The second-order valence-corrected chi connectivity index (χ2v) is 7.98. The number of carbonyl (C=O) groups excluding carboxylic acids is 2. The van der Waals surface area contributed by atoms with E-state index in [-0.39, 0.29) is 23.0 Å². The number of ether oxygens (including phenoxy) is 1. The number of aryl methyl sites for hydroxylation is 1. The molecule has 1 aliphatic rings. The van der Waals surface area contributed by atoms with E-state index >= 15 is 0 Å². The summed E-state index contributed by atoms with van der Waals surface area (Å²) in [6.45, 7) is 3.71. The van der Waals surface area contributed by atoms with Crippen LogP contribution in [0, 0.1) is 6.92 Å². The van der Waals surface area contributed by atoms with E-state index in [9.17, 15) is 19.5 Å². The molecular formula is C23H19NO5S. The first kappa shape index (κ1) is 19.8. The predicted octanol–water partition coefficient (Wildman–Crippen LogP) is 4.62. The number of hydrogen-bond acceptors (Lipinski definition) is 5. The van der Waals surface area contributed by atoms with Crippen LogP contribution in [0.3, 0.4) is 0 Å². The van der Waals surface area contributed by atoms with E-state index in [0.29, 0.717) is 22.6 Å². The lowest BCUT2D eigenvalue weighted by Crippen LogP contribution is -2.43. The molecule has 0 radical (unpaired) electrons. The van der Waals surface area contributed by atoms with Crippen molar-refractivity contribution in [3.63, 3.8) is 0 Å². The fourth-order valence-electron chi connectivity index (χ4n) is 3.53. The lowest BCUT2D eigenvalue weighted by Gasteiger charge is -2.27. The molecule has 2 aromatic carbocycles. The van der Waals surface area contributed by atoms with Gasteiger partial charge in [0.2, 0.25) is 5.91 Å². The van der Waals surface area contributed by atoms with Crippen LogP contribution in [0.15, 0.2) is 53.9 Å². The topological polar surface area (TPSA) is 83.9 Å². The van der Waals surface area contributed by atoms with Crippen LogP contribution in [0.1, 0.15) is 49.7 Å². The maximum atomic E-state index is 13.1. The quantitative estimate of drug-likeness (QED) is 0.608. The highest BCUT2D eigenvalue weighted by molar-refractivity contribution is 7.12. The third kappa shape index (κ3) is 3.48. The van der Waals surface area contributed by atoms with Crippen molar-refractivity contribution in [1.82, 2.24) is 0 Å². The Morgan fingerprint density at radius 1 is 1.17 bits per heavy atom. The van der Waals surface area contributed by atoms with Crippen LogP contribution in [0.2, 0.25) is 0 Å². The SMILES string of the molecule is Cc1ccc(OC(C)c2ccccc2)cc1N1C(=O)Cc2csc(C(=O)O)c2C1=O. The van der Waals surface area contributed by atoms with E-state index in [1.165, 1.54) is 0 Å². The zero-order valence-corrected chi connectivity index (χ0v) is 17.2. The van der Waals surface area contributed by atoms with Crippen molar-refractivity contribution in [3.8, 4) is 5.75 Å². The van der Waals surface area contributed by atoms with Gasteiger partial charge < -0.3 is 9.84 Å². The Bertz CT molecular complexity index is 1150. The van der Waals surface area contributed by atoms with Crippen molar-refractivity contribution in [2.24, 2.45) is 0 Å². The summed E-state index contributed by atoms with van der Waals surface area (Å²) in [5, 5.41) is 11.0. The summed E-state index contributed by atoms with van der Waals surface area (Å²) in [5.74, 6) is -1.66. The highest BCUT2D eigenvalue weighted by atomic mass is 32.1. The van der Waals surface area contributed by atoms with Crippen molar-refractivity contribution in [3.05, 3.63) is 81.0 Å². The highest BCUT2D eigenvalue weighted by Crippen LogP contribution is 2.35. The van der Waals surface area contributed by atoms with Gasteiger partial charge in [0.1, 0.15) is 16.7 Å². The van der Waals surface area contributed by atoms with Crippen molar-refractivity contribution in [2.75, 3.05) is 4.90 Å². The van der Waals surface area contributed by atoms with Gasteiger partial charge in [0, 0.05) is 6.07 Å². The molecule has 4 rings (SSSR count). The maximum absolute atomic E-state index is 13.1. The Hall–Kier alpha value is -3.45. The molecule has 0 spiro atoms. The molecular weight excluding hydrogens is 402 g/mol. The van der Waals surface area contributed by atoms with Crippen LogP contribution < -0.4 is 9.64 Å². The zero-order chi connectivity index (χ0) is 21.4. The summed E-state index contributed by atoms with van der Waals surface area (Å²) in [7, 11) is 0. The minimum atomic E-state index is -1.17. The molecule has 0 fully saturated rings. The average Bonchev–Trinajstić information content (AvgIpc) is 3.15. The molecule has 152 valence electrons. The third-order valence-electron chi connectivity index (χ3n) is 5.07. The number of nitrogens with zero attached hydrogens (tertiary/aromatic N) is 1. The molecule has 30 heavy (non-hydrogen) atoms. The molecule has 1 aliphatic heterocycles. The number of thiophene rings is 1. The first-order valence-corrected chi connectivity index (χ1v) is 10.3. The van der Waals surface area contributed by atoms with Gasteiger partial charge in [-0.25, -0.2) is 9.69 Å². The van der Waals surface area contributed by atoms with Crippen LogP contribution in [0.4, 0.5) is 5.69 Å². The Kier molecular flexibility index (Phi) is 5.13. The molecule has 1 N–H and O–H groups in total. The summed E-state index contributed by atoms with van der Waals surface area (Å²) in [6, 6.07) is 14.9. The number of carboxylic acids is 1. The first-order chi connectivity index (χ1) is 14.4. The number of fused-ring (bicyclic) bond motifs is 1. The van der Waals surface area contributed by atoms with Crippen molar-refractivity contribution < 1.29 is 24.2 Å². The number of anilines is 1. The first-order valence-electron chi connectivity index (χ1n) is 9.40. The van der Waals surface area contributed by atoms with E-state index in [0.717, 1.165) is 21.8 Å². The van der Waals surface area contributed by atoms with Gasteiger partial charge >= 0.3 is 5.97 Å². The number of benzene rings is 2. The van der Waals surface area contributed by atoms with Crippen LogP contribution in [0.25, 0.3) is 0 Å². The Balaban J connectivity index is 1.69. The van der Waals surface area contributed by atoms with E-state index in [1.54, 1.807) is 30.5 Å². The minimum absolute atomic E-state index is 0.0181. The van der Waals surface area contributed by atoms with Gasteiger partial charge in [-0.05, 0) is 42.0 Å². The average molecular weight is 421 g/mol. The number of carboxylic acid groups (broad SMARTS) is 1. The number of aromatic carboxylic acids is 1. The van der Waals surface area contributed by atoms with Gasteiger partial charge in [-0.15, -0.1) is 11.3 Å². The second kappa shape index (κ2) is 7.76. The molecule has 7 heteroatoms. The molecule has 3 aromatic rings. The van der Waals surface area contributed by atoms with E-state index in [4.69, 9.17) is 4.74 Å². The van der Waals surface area contributed by atoms with Crippen molar-refractivity contribution >= 4 is 34.8 Å². The summed E-state index contributed by atoms with van der Waals surface area (Å²) in [5.41, 5.74) is 2.67. The molecule has 0 saturated heterocycles. The minimum Gasteiger partial charge on any atom is -0.486 e. The number of rotatable bonds is 5. The second-order valence-electron chi connectivity index (χ2n) is 7.10. The van der Waals surface area contributed by atoms with Crippen LogP contribution in [-0.4, -0.2) is 22.9 Å². The Morgan fingerprint density at radius 2 is 1.90 bits per heavy atom. The van der Waals surface area contributed by atoms with Gasteiger partial charge in [0.25, 0.3) is 5.91 Å². The zero-order valence-electron chi connectivity index (χ0n) is 16.4. The van der Waals surface area contributed by atoms with Crippen LogP contribution in [0.5, 0.6) is 5.75 Å².